The Balaban J connectivity index is 2.77. The number of hydrogen-bond acceptors (Lipinski definition) is 1. The number of pyridine rings is 1. The van der Waals surface area contributed by atoms with Gasteiger partial charge in [0.2, 0.25) is 0 Å². The summed E-state index contributed by atoms with van der Waals surface area (Å²) in [5.74, 6) is 0.252. The van der Waals surface area contributed by atoms with E-state index in [4.69, 9.17) is 11.6 Å². The van der Waals surface area contributed by atoms with Gasteiger partial charge < -0.3 is 4.57 Å². The second kappa shape index (κ2) is 6.48. The predicted molar refractivity (Wildman–Crippen MR) is 90.2 cm³/mol. The number of aromatic nitrogens is 1. The monoisotopic (exact) mass is 303 g/mol. The fourth-order valence-corrected chi connectivity index (χ4v) is 2.75. The fraction of sp³-hybridized carbons (Fsp3) is 0.389. The second-order valence-corrected chi connectivity index (χ2v) is 5.90. The molecule has 0 bridgehead atoms. The second-order valence-electron chi connectivity index (χ2n) is 5.63. The van der Waals surface area contributed by atoms with Crippen LogP contribution in [-0.2, 0) is 5.88 Å². The topological polar surface area (TPSA) is 22.0 Å². The Morgan fingerprint density at radius 1 is 1.19 bits per heavy atom. The first kappa shape index (κ1) is 15.8. The van der Waals surface area contributed by atoms with Crippen LogP contribution in [-0.4, -0.2) is 4.57 Å². The van der Waals surface area contributed by atoms with E-state index in [0.717, 1.165) is 17.7 Å². The lowest BCUT2D eigenvalue weighted by Crippen LogP contribution is -2.27. The van der Waals surface area contributed by atoms with Gasteiger partial charge in [0.05, 0.1) is 11.6 Å². The highest BCUT2D eigenvalue weighted by Gasteiger charge is 2.15. The van der Waals surface area contributed by atoms with Gasteiger partial charge in [-0.15, -0.1) is 11.6 Å². The maximum absolute atomic E-state index is 12.7. The number of hydrogen-bond donors (Lipinski definition) is 0. The number of benzene rings is 1. The highest BCUT2D eigenvalue weighted by Crippen LogP contribution is 2.27. The van der Waals surface area contributed by atoms with Crippen LogP contribution in [0.25, 0.3) is 11.3 Å². The van der Waals surface area contributed by atoms with E-state index in [1.807, 2.05) is 16.7 Å². The van der Waals surface area contributed by atoms with Gasteiger partial charge >= 0.3 is 0 Å². The van der Waals surface area contributed by atoms with E-state index in [0.29, 0.717) is 5.56 Å². The van der Waals surface area contributed by atoms with E-state index in [2.05, 4.69) is 45.9 Å². The normalized spacial score (nSPS) is 12.4. The molecule has 0 radical (unpaired) electrons. The molecule has 0 amide bonds. The molecular weight excluding hydrogens is 282 g/mol. The predicted octanol–water partition coefficient (Wildman–Crippen LogP) is 4.84. The minimum Gasteiger partial charge on any atom is -0.305 e. The summed E-state index contributed by atoms with van der Waals surface area (Å²) in [5, 5.41) is 0. The Labute approximate surface area is 131 Å². The number of aryl methyl sites for hydroxylation is 2. The van der Waals surface area contributed by atoms with E-state index in [-0.39, 0.29) is 17.5 Å². The van der Waals surface area contributed by atoms with Crippen LogP contribution >= 0.6 is 11.6 Å². The molecule has 3 heteroatoms. The summed E-state index contributed by atoms with van der Waals surface area (Å²) in [7, 11) is 0. The van der Waals surface area contributed by atoms with Crippen LogP contribution in [0.5, 0.6) is 0 Å². The van der Waals surface area contributed by atoms with Gasteiger partial charge in [0.1, 0.15) is 0 Å². The Kier molecular flexibility index (Phi) is 4.89. The maximum atomic E-state index is 12.7. The van der Waals surface area contributed by atoms with Gasteiger partial charge in [-0.3, -0.25) is 4.79 Å². The zero-order valence-corrected chi connectivity index (χ0v) is 13.9. The molecule has 2 rings (SSSR count). The quantitative estimate of drug-likeness (QED) is 0.741. The van der Waals surface area contributed by atoms with Crippen molar-refractivity contribution in [2.45, 2.75) is 46.0 Å². The van der Waals surface area contributed by atoms with Crippen molar-refractivity contribution in [1.82, 2.24) is 4.57 Å². The molecule has 1 heterocycles. The lowest BCUT2D eigenvalue weighted by molar-refractivity contribution is 0.517. The minimum absolute atomic E-state index is 0.0257. The molecule has 0 fully saturated rings. The van der Waals surface area contributed by atoms with Crippen molar-refractivity contribution in [3.05, 3.63) is 57.4 Å². The van der Waals surface area contributed by atoms with Crippen molar-refractivity contribution in [1.29, 1.82) is 0 Å². The fourth-order valence-electron chi connectivity index (χ4n) is 2.55. The molecular formula is C18H22ClNO. The zero-order valence-electron chi connectivity index (χ0n) is 13.1. The van der Waals surface area contributed by atoms with Crippen LogP contribution in [0, 0.1) is 13.8 Å². The Hall–Kier alpha value is -1.54. The van der Waals surface area contributed by atoms with E-state index in [1.165, 1.54) is 11.1 Å². The van der Waals surface area contributed by atoms with Gasteiger partial charge in [0, 0.05) is 17.2 Å². The summed E-state index contributed by atoms with van der Waals surface area (Å²) >= 11 is 5.89. The van der Waals surface area contributed by atoms with Gasteiger partial charge in [-0.05, 0) is 44.9 Å². The van der Waals surface area contributed by atoms with Crippen LogP contribution in [0.3, 0.4) is 0 Å². The molecule has 1 aromatic carbocycles. The van der Waals surface area contributed by atoms with Crippen molar-refractivity contribution < 1.29 is 0 Å². The standard InChI is InChI=1S/C18H22ClNO/c1-5-14(4)20-17(9-8-15(11-19)18(20)21)16-10-12(2)6-7-13(16)3/h6-10,14H,5,11H2,1-4H3. The lowest BCUT2D eigenvalue weighted by Gasteiger charge is -2.21. The third kappa shape index (κ3) is 3.06. The molecule has 1 atom stereocenters. The van der Waals surface area contributed by atoms with Crippen molar-refractivity contribution in [2.24, 2.45) is 0 Å². The number of rotatable bonds is 4. The molecule has 1 unspecified atom stereocenters. The molecule has 0 spiro atoms. The smallest absolute Gasteiger partial charge is 0.255 e. The lowest BCUT2D eigenvalue weighted by atomic mass is 10.0. The highest BCUT2D eigenvalue weighted by atomic mass is 35.5. The SMILES string of the molecule is CCC(C)n1c(-c2cc(C)ccc2C)ccc(CCl)c1=O. The van der Waals surface area contributed by atoms with Crippen LogP contribution < -0.4 is 5.56 Å². The third-order valence-electron chi connectivity index (χ3n) is 4.04. The summed E-state index contributed by atoms with van der Waals surface area (Å²) < 4.78 is 1.89. The van der Waals surface area contributed by atoms with Gasteiger partial charge in [0.25, 0.3) is 5.56 Å². The Bertz CT molecular complexity index is 703. The Morgan fingerprint density at radius 2 is 1.90 bits per heavy atom. The van der Waals surface area contributed by atoms with Gasteiger partial charge in [-0.2, -0.15) is 0 Å². The molecule has 2 nitrogen and oxygen atoms in total. The molecule has 0 saturated heterocycles. The van der Waals surface area contributed by atoms with E-state index in [9.17, 15) is 4.79 Å². The van der Waals surface area contributed by atoms with Crippen LogP contribution in [0.15, 0.2) is 35.1 Å². The molecule has 0 aliphatic heterocycles. The average molecular weight is 304 g/mol. The van der Waals surface area contributed by atoms with Crippen molar-refractivity contribution in [3.8, 4) is 11.3 Å². The van der Waals surface area contributed by atoms with E-state index in [1.54, 1.807) is 0 Å². The van der Waals surface area contributed by atoms with Gasteiger partial charge in [0.15, 0.2) is 0 Å². The van der Waals surface area contributed by atoms with E-state index >= 15 is 0 Å². The summed E-state index contributed by atoms with van der Waals surface area (Å²) in [6, 6.07) is 10.4. The minimum atomic E-state index is 0.0257. The third-order valence-corrected chi connectivity index (χ3v) is 4.33. The number of alkyl halides is 1. The van der Waals surface area contributed by atoms with Gasteiger partial charge in [-0.25, -0.2) is 0 Å². The highest BCUT2D eigenvalue weighted by molar-refractivity contribution is 6.17. The summed E-state index contributed by atoms with van der Waals surface area (Å²) in [5.41, 5.74) is 5.15. The maximum Gasteiger partial charge on any atom is 0.255 e. The molecule has 1 aromatic heterocycles. The van der Waals surface area contributed by atoms with Crippen LogP contribution in [0.1, 0.15) is 43.0 Å². The first-order valence-electron chi connectivity index (χ1n) is 7.37. The number of halogens is 1. The van der Waals surface area contributed by atoms with Crippen molar-refractivity contribution >= 4 is 11.6 Å². The summed E-state index contributed by atoms with van der Waals surface area (Å²) in [6.45, 7) is 8.32. The first-order chi connectivity index (χ1) is 9.99. The molecule has 0 N–H and O–H groups in total. The van der Waals surface area contributed by atoms with E-state index < -0.39 is 0 Å². The molecule has 21 heavy (non-hydrogen) atoms. The average Bonchev–Trinajstić information content (AvgIpc) is 2.48. The van der Waals surface area contributed by atoms with Gasteiger partial charge in [-0.1, -0.05) is 30.7 Å². The van der Waals surface area contributed by atoms with Crippen molar-refractivity contribution in [3.63, 3.8) is 0 Å². The zero-order chi connectivity index (χ0) is 15.6. The summed E-state index contributed by atoms with van der Waals surface area (Å²) in [4.78, 5) is 12.7. The molecule has 0 aliphatic carbocycles. The first-order valence-corrected chi connectivity index (χ1v) is 7.91. The molecule has 112 valence electrons. The summed E-state index contributed by atoms with van der Waals surface area (Å²) in [6.07, 6.45) is 0.906. The van der Waals surface area contributed by atoms with Crippen molar-refractivity contribution in [2.75, 3.05) is 0 Å². The molecule has 0 aliphatic rings. The number of nitrogens with zero attached hydrogens (tertiary/aromatic N) is 1. The van der Waals surface area contributed by atoms with Crippen LogP contribution in [0.2, 0.25) is 0 Å². The molecule has 2 aromatic rings. The molecule has 0 saturated carbocycles. The Morgan fingerprint density at radius 3 is 2.52 bits per heavy atom. The largest absolute Gasteiger partial charge is 0.305 e. The van der Waals surface area contributed by atoms with Crippen LogP contribution in [0.4, 0.5) is 0 Å².